The minimum atomic E-state index is -0.436. The van der Waals surface area contributed by atoms with Gasteiger partial charge in [0.15, 0.2) is 0 Å². The summed E-state index contributed by atoms with van der Waals surface area (Å²) in [4.78, 5) is 11.2. The number of hydrogen-bond donors (Lipinski definition) is 1. The fourth-order valence-electron chi connectivity index (χ4n) is 0.931. The van der Waals surface area contributed by atoms with Crippen molar-refractivity contribution in [2.24, 2.45) is 0 Å². The molecule has 1 fully saturated rings. The van der Waals surface area contributed by atoms with Gasteiger partial charge in [0.1, 0.15) is 11.7 Å². The van der Waals surface area contributed by atoms with E-state index in [2.05, 4.69) is 5.32 Å². The molecule has 0 aromatic heterocycles. The van der Waals surface area contributed by atoms with E-state index < -0.39 is 5.60 Å². The smallest absolute Gasteiger partial charge is 0.407 e. The zero-order valence-corrected chi connectivity index (χ0v) is 10.6. The fourth-order valence-corrected chi connectivity index (χ4v) is 0.931. The van der Waals surface area contributed by atoms with Gasteiger partial charge < -0.3 is 14.8 Å². The summed E-state index contributed by atoms with van der Waals surface area (Å²) in [6.07, 6.45) is -0.206. The van der Waals surface area contributed by atoms with E-state index in [0.717, 1.165) is 6.61 Å². The first kappa shape index (κ1) is 14.2. The molecule has 0 spiro atoms. The van der Waals surface area contributed by atoms with Crippen LogP contribution < -0.4 is 5.32 Å². The predicted molar refractivity (Wildman–Crippen MR) is 59.9 cm³/mol. The van der Waals surface area contributed by atoms with Gasteiger partial charge in [0.05, 0.1) is 12.6 Å². The molecule has 1 saturated heterocycles. The van der Waals surface area contributed by atoms with E-state index in [4.69, 9.17) is 9.47 Å². The monoisotopic (exact) mass is 217 g/mol. The summed E-state index contributed by atoms with van der Waals surface area (Å²) in [5.41, 5.74) is -0.436. The molecule has 0 radical (unpaired) electrons. The van der Waals surface area contributed by atoms with Crippen LogP contribution in [0.5, 0.6) is 0 Å². The van der Waals surface area contributed by atoms with Crippen molar-refractivity contribution in [2.45, 2.75) is 59.3 Å². The van der Waals surface area contributed by atoms with Crippen molar-refractivity contribution in [1.29, 1.82) is 0 Å². The van der Waals surface area contributed by atoms with E-state index in [1.807, 2.05) is 41.5 Å². The molecule has 1 N–H and O–H groups in total. The van der Waals surface area contributed by atoms with Crippen molar-refractivity contribution in [3.63, 3.8) is 0 Å². The van der Waals surface area contributed by atoms with Gasteiger partial charge in [-0.2, -0.15) is 0 Å². The summed E-state index contributed by atoms with van der Waals surface area (Å²) in [5, 5.41) is 2.71. The highest BCUT2D eigenvalue weighted by molar-refractivity contribution is 5.68. The van der Waals surface area contributed by atoms with Crippen molar-refractivity contribution in [2.75, 3.05) is 6.61 Å². The third kappa shape index (κ3) is 7.19. The summed E-state index contributed by atoms with van der Waals surface area (Å²) in [7, 11) is 0. The number of carbonyl (C=O) groups excluding carboxylic acids is 1. The first-order valence-corrected chi connectivity index (χ1v) is 5.49. The van der Waals surface area contributed by atoms with E-state index >= 15 is 0 Å². The molecule has 0 aromatic carbocycles. The second-order valence-electron chi connectivity index (χ2n) is 4.31. The molecule has 0 saturated carbocycles. The Morgan fingerprint density at radius 2 is 1.93 bits per heavy atom. The number of nitrogens with one attached hydrogen (secondary N) is 1. The largest absolute Gasteiger partial charge is 0.444 e. The van der Waals surface area contributed by atoms with Crippen LogP contribution in [-0.4, -0.2) is 30.4 Å². The highest BCUT2D eigenvalue weighted by Crippen LogP contribution is 2.14. The summed E-state index contributed by atoms with van der Waals surface area (Å²) >= 11 is 0. The van der Waals surface area contributed by atoms with Gasteiger partial charge in [-0.15, -0.1) is 0 Å². The van der Waals surface area contributed by atoms with E-state index in [9.17, 15) is 4.79 Å². The number of amides is 1. The third-order valence-electron chi connectivity index (χ3n) is 1.66. The third-order valence-corrected chi connectivity index (χ3v) is 1.66. The predicted octanol–water partition coefficient (Wildman–Crippen LogP) is 2.32. The molecule has 1 aliphatic heterocycles. The first-order valence-electron chi connectivity index (χ1n) is 5.49. The Hall–Kier alpha value is -0.770. The summed E-state index contributed by atoms with van der Waals surface area (Å²) in [5.74, 6) is 0. The molecule has 1 heterocycles. The molecule has 90 valence electrons. The molecule has 4 heteroatoms. The van der Waals surface area contributed by atoms with Crippen molar-refractivity contribution < 1.29 is 14.3 Å². The number of ether oxygens (including phenoxy) is 2. The van der Waals surface area contributed by atoms with Gasteiger partial charge in [-0.3, -0.25) is 0 Å². The van der Waals surface area contributed by atoms with Gasteiger partial charge in [0.25, 0.3) is 0 Å². The molecule has 0 aliphatic carbocycles. The van der Waals surface area contributed by atoms with Crippen LogP contribution in [0.25, 0.3) is 0 Å². The van der Waals surface area contributed by atoms with Gasteiger partial charge >= 0.3 is 6.09 Å². The average Bonchev–Trinajstić information content (AvgIpc) is 2.85. The van der Waals surface area contributed by atoms with Crippen LogP contribution in [-0.2, 0) is 9.47 Å². The number of carbonyl (C=O) groups is 1. The first-order chi connectivity index (χ1) is 6.88. The van der Waals surface area contributed by atoms with Gasteiger partial charge in [0, 0.05) is 0 Å². The van der Waals surface area contributed by atoms with Gasteiger partial charge in [-0.05, 0) is 27.7 Å². The SMILES string of the molecule is CC.CC(NC(=O)OC(C)(C)C)C1CO1. The van der Waals surface area contributed by atoms with E-state index in [1.54, 1.807) is 0 Å². The molecular formula is C11H23NO3. The maximum absolute atomic E-state index is 11.2. The zero-order chi connectivity index (χ0) is 12.1. The van der Waals surface area contributed by atoms with Crippen LogP contribution in [0, 0.1) is 0 Å². The van der Waals surface area contributed by atoms with E-state index in [0.29, 0.717) is 0 Å². The zero-order valence-electron chi connectivity index (χ0n) is 10.6. The lowest BCUT2D eigenvalue weighted by Gasteiger charge is -2.21. The van der Waals surface area contributed by atoms with Crippen LogP contribution >= 0.6 is 0 Å². The maximum Gasteiger partial charge on any atom is 0.407 e. The highest BCUT2D eigenvalue weighted by atomic mass is 16.6. The Kier molecular flexibility index (Phi) is 5.65. The van der Waals surface area contributed by atoms with Crippen molar-refractivity contribution in [3.8, 4) is 0 Å². The Morgan fingerprint density at radius 3 is 2.27 bits per heavy atom. The molecule has 1 aliphatic rings. The summed E-state index contributed by atoms with van der Waals surface area (Å²) < 4.78 is 10.1. The molecule has 2 atom stereocenters. The number of alkyl carbamates (subject to hydrolysis) is 1. The lowest BCUT2D eigenvalue weighted by Crippen LogP contribution is -2.40. The quantitative estimate of drug-likeness (QED) is 0.722. The minimum absolute atomic E-state index is 0.0369. The lowest BCUT2D eigenvalue weighted by molar-refractivity contribution is 0.0500. The molecule has 1 amide bonds. The Balaban J connectivity index is 0.000000921. The maximum atomic E-state index is 11.2. The fraction of sp³-hybridized carbons (Fsp3) is 0.909. The highest BCUT2D eigenvalue weighted by Gasteiger charge is 2.31. The number of rotatable bonds is 2. The van der Waals surface area contributed by atoms with Crippen molar-refractivity contribution in [1.82, 2.24) is 5.32 Å². The minimum Gasteiger partial charge on any atom is -0.444 e. The Labute approximate surface area is 92.3 Å². The molecular weight excluding hydrogens is 194 g/mol. The van der Waals surface area contributed by atoms with Crippen molar-refractivity contribution >= 4 is 6.09 Å². The Morgan fingerprint density at radius 1 is 1.47 bits per heavy atom. The summed E-state index contributed by atoms with van der Waals surface area (Å²) in [6, 6.07) is 0.0369. The second kappa shape index (κ2) is 5.95. The molecule has 1 rings (SSSR count). The number of epoxide rings is 1. The second-order valence-corrected chi connectivity index (χ2v) is 4.31. The lowest BCUT2D eigenvalue weighted by atomic mass is 10.2. The molecule has 15 heavy (non-hydrogen) atoms. The molecule has 0 aromatic rings. The van der Waals surface area contributed by atoms with Gasteiger partial charge in [-0.25, -0.2) is 4.79 Å². The van der Waals surface area contributed by atoms with E-state index in [-0.39, 0.29) is 18.2 Å². The number of hydrogen-bond acceptors (Lipinski definition) is 3. The van der Waals surface area contributed by atoms with Crippen LogP contribution in [0.1, 0.15) is 41.5 Å². The summed E-state index contributed by atoms with van der Waals surface area (Å²) in [6.45, 7) is 12.2. The standard InChI is InChI=1S/C9H17NO3.C2H6/c1-6(7-5-12-7)10-8(11)13-9(2,3)4;1-2/h6-7H,5H2,1-4H3,(H,10,11);1-2H3. The topological polar surface area (TPSA) is 50.9 Å². The molecule has 4 nitrogen and oxygen atoms in total. The van der Waals surface area contributed by atoms with Crippen LogP contribution in [0.15, 0.2) is 0 Å². The van der Waals surface area contributed by atoms with Crippen LogP contribution in [0.4, 0.5) is 4.79 Å². The normalized spacial score (nSPS) is 20.8. The van der Waals surface area contributed by atoms with Crippen LogP contribution in [0.2, 0.25) is 0 Å². The van der Waals surface area contributed by atoms with Gasteiger partial charge in [-0.1, -0.05) is 13.8 Å². The molecule has 2 unspecified atom stereocenters. The molecule has 0 bridgehead atoms. The van der Waals surface area contributed by atoms with Crippen LogP contribution in [0.3, 0.4) is 0 Å². The average molecular weight is 217 g/mol. The Bertz CT molecular complexity index is 194. The van der Waals surface area contributed by atoms with Crippen molar-refractivity contribution in [3.05, 3.63) is 0 Å². The van der Waals surface area contributed by atoms with E-state index in [1.165, 1.54) is 0 Å². The van der Waals surface area contributed by atoms with Gasteiger partial charge in [0.2, 0.25) is 0 Å².